The highest BCUT2D eigenvalue weighted by atomic mass is 79.9. The minimum Gasteiger partial charge on any atom is -0.483 e. The molecule has 0 heterocycles. The van der Waals surface area contributed by atoms with Crippen LogP contribution in [0, 0.1) is 5.82 Å². The van der Waals surface area contributed by atoms with Crippen molar-refractivity contribution in [2.24, 2.45) is 0 Å². The van der Waals surface area contributed by atoms with Crippen molar-refractivity contribution in [2.45, 2.75) is 19.4 Å². The largest absolute Gasteiger partial charge is 0.483 e. The van der Waals surface area contributed by atoms with Crippen molar-refractivity contribution >= 4 is 33.4 Å². The smallest absolute Gasteiger partial charge is 0.258 e. The molecule has 0 aliphatic rings. The fourth-order valence-corrected chi connectivity index (χ4v) is 2.68. The zero-order valence-electron chi connectivity index (χ0n) is 12.5. The summed E-state index contributed by atoms with van der Waals surface area (Å²) >= 11 is 9.07. The number of rotatable bonds is 6. The van der Waals surface area contributed by atoms with Crippen LogP contribution in [-0.4, -0.2) is 12.5 Å². The van der Waals surface area contributed by atoms with E-state index in [-0.39, 0.29) is 24.4 Å². The second kappa shape index (κ2) is 8.31. The summed E-state index contributed by atoms with van der Waals surface area (Å²) in [6, 6.07) is 11.3. The van der Waals surface area contributed by atoms with E-state index in [1.807, 2.05) is 19.1 Å². The molecule has 2 rings (SSSR count). The van der Waals surface area contributed by atoms with Crippen LogP contribution in [0.3, 0.4) is 0 Å². The summed E-state index contributed by atoms with van der Waals surface area (Å²) in [4.78, 5) is 12.1. The highest BCUT2D eigenvalue weighted by Crippen LogP contribution is 2.25. The van der Waals surface area contributed by atoms with E-state index in [0.717, 1.165) is 12.0 Å². The van der Waals surface area contributed by atoms with Crippen LogP contribution in [0.1, 0.15) is 24.9 Å². The second-order valence-electron chi connectivity index (χ2n) is 4.94. The molecule has 6 heteroatoms. The Hall–Kier alpha value is -1.59. The van der Waals surface area contributed by atoms with Crippen molar-refractivity contribution in [1.82, 2.24) is 5.32 Å². The molecule has 1 atom stereocenters. The van der Waals surface area contributed by atoms with Crippen LogP contribution >= 0.6 is 27.5 Å². The summed E-state index contributed by atoms with van der Waals surface area (Å²) in [5.74, 6) is -0.202. The lowest BCUT2D eigenvalue weighted by molar-refractivity contribution is -0.123. The number of carbonyl (C=O) groups is 1. The molecule has 0 saturated carbocycles. The predicted molar refractivity (Wildman–Crippen MR) is 92.2 cm³/mol. The van der Waals surface area contributed by atoms with Gasteiger partial charge in [-0.25, -0.2) is 4.39 Å². The lowest BCUT2D eigenvalue weighted by Crippen LogP contribution is -2.32. The summed E-state index contributed by atoms with van der Waals surface area (Å²) in [7, 11) is 0. The molecule has 0 aliphatic carbocycles. The van der Waals surface area contributed by atoms with Crippen molar-refractivity contribution in [3.8, 4) is 5.75 Å². The van der Waals surface area contributed by atoms with Gasteiger partial charge in [-0.05, 0) is 58.2 Å². The molecule has 1 N–H and O–H groups in total. The Bertz CT molecular complexity index is 679. The van der Waals surface area contributed by atoms with Crippen molar-refractivity contribution in [1.29, 1.82) is 0 Å². The normalized spacial score (nSPS) is 11.8. The number of amides is 1. The van der Waals surface area contributed by atoms with Crippen molar-refractivity contribution in [2.75, 3.05) is 6.61 Å². The van der Waals surface area contributed by atoms with Gasteiger partial charge in [-0.3, -0.25) is 4.79 Å². The van der Waals surface area contributed by atoms with Crippen LogP contribution in [0.5, 0.6) is 5.75 Å². The van der Waals surface area contributed by atoms with E-state index in [9.17, 15) is 9.18 Å². The predicted octanol–water partition coefficient (Wildman–Crippen LogP) is 4.89. The average molecular weight is 401 g/mol. The molecule has 0 saturated heterocycles. The zero-order chi connectivity index (χ0) is 16.8. The fourth-order valence-electron chi connectivity index (χ4n) is 2.09. The molecular weight excluding hydrogens is 385 g/mol. The SMILES string of the molecule is CCC(NC(=O)COc1ccc(F)cc1Br)c1ccc(Cl)cc1. The number of carbonyl (C=O) groups excluding carboxylic acids is 1. The molecule has 0 radical (unpaired) electrons. The van der Waals surface area contributed by atoms with Gasteiger partial charge in [0.25, 0.3) is 5.91 Å². The summed E-state index contributed by atoms with van der Waals surface area (Å²) in [5.41, 5.74) is 0.980. The third-order valence-electron chi connectivity index (χ3n) is 3.27. The maximum absolute atomic E-state index is 13.0. The molecule has 1 unspecified atom stereocenters. The Morgan fingerprint density at radius 3 is 2.61 bits per heavy atom. The molecule has 23 heavy (non-hydrogen) atoms. The van der Waals surface area contributed by atoms with E-state index in [1.165, 1.54) is 18.2 Å². The minimum absolute atomic E-state index is 0.111. The molecule has 0 aromatic heterocycles. The average Bonchev–Trinajstić information content (AvgIpc) is 2.52. The van der Waals surface area contributed by atoms with Crippen molar-refractivity contribution in [3.05, 3.63) is 63.3 Å². The van der Waals surface area contributed by atoms with Crippen molar-refractivity contribution < 1.29 is 13.9 Å². The Morgan fingerprint density at radius 2 is 2.00 bits per heavy atom. The maximum Gasteiger partial charge on any atom is 0.258 e. The van der Waals surface area contributed by atoms with Crippen LogP contribution in [0.4, 0.5) is 4.39 Å². The molecule has 2 aromatic carbocycles. The number of benzene rings is 2. The van der Waals surface area contributed by atoms with E-state index >= 15 is 0 Å². The molecule has 1 amide bonds. The first-order chi connectivity index (χ1) is 11.0. The molecule has 0 aliphatic heterocycles. The van der Waals surface area contributed by atoms with Crippen LogP contribution in [-0.2, 0) is 4.79 Å². The van der Waals surface area contributed by atoms with E-state index in [1.54, 1.807) is 12.1 Å². The van der Waals surface area contributed by atoms with Gasteiger partial charge in [-0.1, -0.05) is 30.7 Å². The Labute approximate surface area is 147 Å². The number of hydrogen-bond donors (Lipinski definition) is 1. The fraction of sp³-hybridized carbons (Fsp3) is 0.235. The quantitative estimate of drug-likeness (QED) is 0.750. The maximum atomic E-state index is 13.0. The van der Waals surface area contributed by atoms with Gasteiger partial charge in [0, 0.05) is 5.02 Å². The minimum atomic E-state index is -0.373. The topological polar surface area (TPSA) is 38.3 Å². The third kappa shape index (κ3) is 5.22. The van der Waals surface area contributed by atoms with Crippen LogP contribution in [0.25, 0.3) is 0 Å². The lowest BCUT2D eigenvalue weighted by atomic mass is 10.0. The Morgan fingerprint density at radius 1 is 1.30 bits per heavy atom. The molecule has 0 bridgehead atoms. The number of nitrogens with one attached hydrogen (secondary N) is 1. The van der Waals surface area contributed by atoms with E-state index in [0.29, 0.717) is 15.2 Å². The van der Waals surface area contributed by atoms with Gasteiger partial charge in [0.05, 0.1) is 10.5 Å². The second-order valence-corrected chi connectivity index (χ2v) is 6.23. The van der Waals surface area contributed by atoms with Crippen LogP contribution in [0.2, 0.25) is 5.02 Å². The van der Waals surface area contributed by atoms with Gasteiger partial charge in [0.1, 0.15) is 11.6 Å². The lowest BCUT2D eigenvalue weighted by Gasteiger charge is -2.18. The summed E-state index contributed by atoms with van der Waals surface area (Å²) in [6.07, 6.45) is 0.744. The standard InChI is InChI=1S/C17H16BrClFNO2/c1-2-15(11-3-5-12(19)6-4-11)21-17(22)10-23-16-8-7-13(20)9-14(16)18/h3-9,15H,2,10H2,1H3,(H,21,22). The molecule has 0 spiro atoms. The van der Waals surface area contributed by atoms with E-state index in [2.05, 4.69) is 21.2 Å². The first-order valence-corrected chi connectivity index (χ1v) is 8.29. The van der Waals surface area contributed by atoms with Gasteiger partial charge < -0.3 is 10.1 Å². The molecule has 2 aromatic rings. The molecule has 3 nitrogen and oxygen atoms in total. The summed E-state index contributed by atoms with van der Waals surface area (Å²) in [5, 5.41) is 3.56. The summed E-state index contributed by atoms with van der Waals surface area (Å²) < 4.78 is 18.9. The van der Waals surface area contributed by atoms with Gasteiger partial charge >= 0.3 is 0 Å². The monoisotopic (exact) mass is 399 g/mol. The van der Waals surface area contributed by atoms with E-state index in [4.69, 9.17) is 16.3 Å². The van der Waals surface area contributed by atoms with Gasteiger partial charge in [-0.2, -0.15) is 0 Å². The Balaban J connectivity index is 1.93. The van der Waals surface area contributed by atoms with Crippen molar-refractivity contribution in [3.63, 3.8) is 0 Å². The number of ether oxygens (including phenoxy) is 1. The van der Waals surface area contributed by atoms with Gasteiger partial charge in [0.15, 0.2) is 6.61 Å². The van der Waals surface area contributed by atoms with Crippen LogP contribution in [0.15, 0.2) is 46.9 Å². The number of halogens is 3. The Kier molecular flexibility index (Phi) is 6.42. The third-order valence-corrected chi connectivity index (χ3v) is 4.14. The molecule has 122 valence electrons. The van der Waals surface area contributed by atoms with Gasteiger partial charge in [0.2, 0.25) is 0 Å². The highest BCUT2D eigenvalue weighted by molar-refractivity contribution is 9.10. The molecule has 0 fully saturated rings. The molecular formula is C17H16BrClFNO2. The first kappa shape index (κ1) is 17.8. The van der Waals surface area contributed by atoms with Crippen LogP contribution < -0.4 is 10.1 Å². The number of hydrogen-bond acceptors (Lipinski definition) is 2. The van der Waals surface area contributed by atoms with E-state index < -0.39 is 0 Å². The van der Waals surface area contributed by atoms with Gasteiger partial charge in [-0.15, -0.1) is 0 Å². The summed E-state index contributed by atoms with van der Waals surface area (Å²) in [6.45, 7) is 1.84. The zero-order valence-corrected chi connectivity index (χ0v) is 14.8. The first-order valence-electron chi connectivity index (χ1n) is 7.12. The highest BCUT2D eigenvalue weighted by Gasteiger charge is 2.13.